The van der Waals surface area contributed by atoms with Crippen molar-refractivity contribution in [2.45, 2.75) is 20.3 Å². The van der Waals surface area contributed by atoms with E-state index in [0.717, 1.165) is 31.6 Å². The van der Waals surface area contributed by atoms with Gasteiger partial charge in [-0.1, -0.05) is 32.0 Å². The summed E-state index contributed by atoms with van der Waals surface area (Å²) in [6.07, 6.45) is 0.796. The van der Waals surface area contributed by atoms with Gasteiger partial charge in [0.1, 0.15) is 0 Å². The van der Waals surface area contributed by atoms with Crippen molar-refractivity contribution in [3.05, 3.63) is 35.4 Å². The van der Waals surface area contributed by atoms with Gasteiger partial charge in [-0.3, -0.25) is 0 Å². The molecule has 3 nitrogen and oxygen atoms in total. The van der Waals surface area contributed by atoms with E-state index in [1.165, 1.54) is 0 Å². The second-order valence-corrected chi connectivity index (χ2v) is 3.74. The van der Waals surface area contributed by atoms with Gasteiger partial charge in [0.25, 0.3) is 0 Å². The molecule has 0 heterocycles. The molecule has 0 atom stereocenters. The average Bonchev–Trinajstić information content (AvgIpc) is 2.30. The van der Waals surface area contributed by atoms with Gasteiger partial charge in [-0.2, -0.15) is 0 Å². The maximum atomic E-state index is 11.0. The maximum Gasteiger partial charge on any atom is 0.335 e. The van der Waals surface area contributed by atoms with Crippen LogP contribution in [0.5, 0.6) is 0 Å². The fraction of sp³-hybridized carbons (Fsp3) is 0.462. The third kappa shape index (κ3) is 3.35. The van der Waals surface area contributed by atoms with Crippen LogP contribution in [-0.2, 0) is 6.42 Å². The molecular formula is C13H19NO2. The topological polar surface area (TPSA) is 40.5 Å². The molecule has 16 heavy (non-hydrogen) atoms. The molecule has 88 valence electrons. The van der Waals surface area contributed by atoms with Crippen LogP contribution >= 0.6 is 0 Å². The number of aromatic carboxylic acids is 1. The van der Waals surface area contributed by atoms with Crippen molar-refractivity contribution in [3.8, 4) is 0 Å². The van der Waals surface area contributed by atoms with E-state index in [4.69, 9.17) is 5.11 Å². The van der Waals surface area contributed by atoms with Crippen LogP contribution in [0, 0.1) is 0 Å². The van der Waals surface area contributed by atoms with E-state index in [9.17, 15) is 4.79 Å². The van der Waals surface area contributed by atoms with Crippen molar-refractivity contribution in [1.82, 2.24) is 4.90 Å². The number of carboxylic acids is 1. The smallest absolute Gasteiger partial charge is 0.335 e. The Kier molecular flexibility index (Phi) is 4.99. The van der Waals surface area contributed by atoms with Gasteiger partial charge in [0.2, 0.25) is 0 Å². The molecule has 0 amide bonds. The van der Waals surface area contributed by atoms with Gasteiger partial charge < -0.3 is 10.0 Å². The standard InChI is InChI=1S/C13H19NO2/c1-3-14(4-2)10-9-11-7-5-6-8-12(11)13(15)16/h5-8H,3-4,9-10H2,1-2H3,(H,15,16). The van der Waals surface area contributed by atoms with Crippen molar-refractivity contribution in [2.24, 2.45) is 0 Å². The molecule has 1 rings (SSSR count). The molecule has 0 aliphatic carbocycles. The fourth-order valence-corrected chi connectivity index (χ4v) is 1.77. The molecule has 1 N–H and O–H groups in total. The summed E-state index contributed by atoms with van der Waals surface area (Å²) in [5.41, 5.74) is 1.34. The molecule has 0 aromatic heterocycles. The molecule has 0 aliphatic heterocycles. The second-order valence-electron chi connectivity index (χ2n) is 3.74. The Morgan fingerprint density at radius 2 is 1.88 bits per heavy atom. The predicted octanol–water partition coefficient (Wildman–Crippen LogP) is 2.27. The lowest BCUT2D eigenvalue weighted by molar-refractivity contribution is 0.0695. The van der Waals surface area contributed by atoms with Crippen molar-refractivity contribution in [1.29, 1.82) is 0 Å². The first-order valence-corrected chi connectivity index (χ1v) is 5.72. The Morgan fingerprint density at radius 3 is 2.44 bits per heavy atom. The Morgan fingerprint density at radius 1 is 1.25 bits per heavy atom. The number of carbonyl (C=O) groups is 1. The molecule has 1 aromatic rings. The molecule has 0 radical (unpaired) electrons. The predicted molar refractivity (Wildman–Crippen MR) is 64.9 cm³/mol. The molecule has 0 unspecified atom stereocenters. The van der Waals surface area contributed by atoms with E-state index in [0.29, 0.717) is 5.56 Å². The minimum Gasteiger partial charge on any atom is -0.478 e. The Bertz CT molecular complexity index is 346. The highest BCUT2D eigenvalue weighted by molar-refractivity contribution is 5.89. The maximum absolute atomic E-state index is 11.0. The van der Waals surface area contributed by atoms with Gasteiger partial charge in [0, 0.05) is 6.54 Å². The lowest BCUT2D eigenvalue weighted by Gasteiger charge is -2.18. The molecule has 0 aliphatic rings. The van der Waals surface area contributed by atoms with Crippen LogP contribution in [0.3, 0.4) is 0 Å². The number of benzene rings is 1. The molecule has 0 bridgehead atoms. The zero-order chi connectivity index (χ0) is 12.0. The largest absolute Gasteiger partial charge is 0.478 e. The zero-order valence-electron chi connectivity index (χ0n) is 9.94. The highest BCUT2D eigenvalue weighted by Crippen LogP contribution is 2.10. The summed E-state index contributed by atoms with van der Waals surface area (Å²) in [7, 11) is 0. The summed E-state index contributed by atoms with van der Waals surface area (Å²) in [5.74, 6) is -0.838. The highest BCUT2D eigenvalue weighted by Gasteiger charge is 2.09. The van der Waals surface area contributed by atoms with E-state index in [-0.39, 0.29) is 0 Å². The van der Waals surface area contributed by atoms with Crippen LogP contribution in [-0.4, -0.2) is 35.6 Å². The van der Waals surface area contributed by atoms with Gasteiger partial charge in [0.05, 0.1) is 5.56 Å². The molecule has 0 saturated heterocycles. The fourth-order valence-electron chi connectivity index (χ4n) is 1.77. The Labute approximate surface area is 96.7 Å². The number of hydrogen-bond donors (Lipinski definition) is 1. The first-order chi connectivity index (χ1) is 7.69. The first kappa shape index (κ1) is 12.7. The summed E-state index contributed by atoms with van der Waals surface area (Å²) in [6, 6.07) is 7.22. The Hall–Kier alpha value is -1.35. The lowest BCUT2D eigenvalue weighted by atomic mass is 10.0. The molecule has 3 heteroatoms. The molecule has 1 aromatic carbocycles. The third-order valence-corrected chi connectivity index (χ3v) is 2.84. The number of nitrogens with zero attached hydrogens (tertiary/aromatic N) is 1. The summed E-state index contributed by atoms with van der Waals surface area (Å²) >= 11 is 0. The van der Waals surface area contributed by atoms with Crippen molar-refractivity contribution in [2.75, 3.05) is 19.6 Å². The SMILES string of the molecule is CCN(CC)CCc1ccccc1C(=O)O. The van der Waals surface area contributed by atoms with E-state index < -0.39 is 5.97 Å². The molecular weight excluding hydrogens is 202 g/mol. The second kappa shape index (κ2) is 6.28. The third-order valence-electron chi connectivity index (χ3n) is 2.84. The lowest BCUT2D eigenvalue weighted by Crippen LogP contribution is -2.25. The van der Waals surface area contributed by atoms with Crippen LogP contribution in [0.4, 0.5) is 0 Å². The average molecular weight is 221 g/mol. The van der Waals surface area contributed by atoms with Crippen molar-refractivity contribution < 1.29 is 9.90 Å². The van der Waals surface area contributed by atoms with Gasteiger partial charge in [0.15, 0.2) is 0 Å². The summed E-state index contributed by atoms with van der Waals surface area (Å²) in [5, 5.41) is 9.03. The van der Waals surface area contributed by atoms with Crippen LogP contribution < -0.4 is 0 Å². The van der Waals surface area contributed by atoms with Gasteiger partial charge >= 0.3 is 5.97 Å². The zero-order valence-corrected chi connectivity index (χ0v) is 9.94. The molecule has 0 saturated carbocycles. The highest BCUT2D eigenvalue weighted by atomic mass is 16.4. The Balaban J connectivity index is 2.69. The van der Waals surface area contributed by atoms with Gasteiger partial charge in [-0.05, 0) is 31.1 Å². The van der Waals surface area contributed by atoms with E-state index in [1.807, 2.05) is 12.1 Å². The minimum atomic E-state index is -0.838. The van der Waals surface area contributed by atoms with Crippen molar-refractivity contribution >= 4 is 5.97 Å². The number of rotatable bonds is 6. The summed E-state index contributed by atoms with van der Waals surface area (Å²) in [4.78, 5) is 13.3. The van der Waals surface area contributed by atoms with Crippen LogP contribution in [0.25, 0.3) is 0 Å². The quantitative estimate of drug-likeness (QED) is 0.801. The van der Waals surface area contributed by atoms with E-state index in [1.54, 1.807) is 12.1 Å². The van der Waals surface area contributed by atoms with E-state index in [2.05, 4.69) is 18.7 Å². The first-order valence-electron chi connectivity index (χ1n) is 5.72. The summed E-state index contributed by atoms with van der Waals surface area (Å²) < 4.78 is 0. The van der Waals surface area contributed by atoms with Crippen LogP contribution in [0.1, 0.15) is 29.8 Å². The number of likely N-dealkylation sites (N-methyl/N-ethyl adjacent to an activating group) is 1. The number of carboxylic acid groups (broad SMARTS) is 1. The van der Waals surface area contributed by atoms with Gasteiger partial charge in [-0.15, -0.1) is 0 Å². The van der Waals surface area contributed by atoms with Gasteiger partial charge in [-0.25, -0.2) is 4.79 Å². The monoisotopic (exact) mass is 221 g/mol. The molecule has 0 fully saturated rings. The minimum absolute atomic E-state index is 0.426. The van der Waals surface area contributed by atoms with E-state index >= 15 is 0 Å². The normalized spacial score (nSPS) is 10.7. The molecule has 0 spiro atoms. The summed E-state index contributed by atoms with van der Waals surface area (Å²) in [6.45, 7) is 7.16. The van der Waals surface area contributed by atoms with Crippen LogP contribution in [0.15, 0.2) is 24.3 Å². The van der Waals surface area contributed by atoms with Crippen LogP contribution in [0.2, 0.25) is 0 Å². The number of hydrogen-bond acceptors (Lipinski definition) is 2. The van der Waals surface area contributed by atoms with Crippen molar-refractivity contribution in [3.63, 3.8) is 0 Å².